The van der Waals surface area contributed by atoms with Crippen molar-refractivity contribution in [2.45, 2.75) is 25.4 Å². The van der Waals surface area contributed by atoms with Crippen molar-refractivity contribution in [1.29, 1.82) is 0 Å². The van der Waals surface area contributed by atoms with Crippen molar-refractivity contribution in [1.82, 2.24) is 15.4 Å². The summed E-state index contributed by atoms with van der Waals surface area (Å²) in [5.41, 5.74) is 2.05. The lowest BCUT2D eigenvalue weighted by Crippen LogP contribution is -2.40. The van der Waals surface area contributed by atoms with E-state index in [2.05, 4.69) is 33.6 Å². The molecule has 3 heterocycles. The van der Waals surface area contributed by atoms with Crippen LogP contribution in [0.15, 0.2) is 40.9 Å². The molecule has 4 nitrogen and oxygen atoms in total. The monoisotopic (exact) mass is 283 g/mol. The molecule has 21 heavy (non-hydrogen) atoms. The van der Waals surface area contributed by atoms with Crippen LogP contribution in [0.5, 0.6) is 0 Å². The Morgan fingerprint density at radius 2 is 2.14 bits per heavy atom. The Labute approximate surface area is 125 Å². The first-order valence-electron chi connectivity index (χ1n) is 7.85. The summed E-state index contributed by atoms with van der Waals surface area (Å²) in [6, 6.07) is 13.0. The second-order valence-corrected chi connectivity index (χ2v) is 6.20. The average molecular weight is 283 g/mol. The van der Waals surface area contributed by atoms with E-state index in [1.807, 2.05) is 18.2 Å². The number of nitrogens with zero attached hydrogens (tertiary/aromatic N) is 2. The Morgan fingerprint density at radius 1 is 1.24 bits per heavy atom. The Kier molecular flexibility index (Phi) is 3.49. The van der Waals surface area contributed by atoms with Gasteiger partial charge in [-0.25, -0.2) is 0 Å². The summed E-state index contributed by atoms with van der Waals surface area (Å²) in [4.78, 5) is 2.49. The second kappa shape index (κ2) is 5.62. The normalized spacial score (nSPS) is 25.9. The molecular formula is C17H21N3O. The third kappa shape index (κ3) is 2.74. The third-order valence-corrected chi connectivity index (χ3v) is 4.68. The number of benzene rings is 1. The van der Waals surface area contributed by atoms with Crippen molar-refractivity contribution in [3.05, 3.63) is 42.2 Å². The molecule has 2 aromatic rings. The summed E-state index contributed by atoms with van der Waals surface area (Å²) in [5, 5.41) is 7.84. The van der Waals surface area contributed by atoms with Gasteiger partial charge in [0.25, 0.3) is 0 Å². The van der Waals surface area contributed by atoms with E-state index < -0.39 is 0 Å². The van der Waals surface area contributed by atoms with E-state index in [4.69, 9.17) is 4.52 Å². The number of aromatic nitrogens is 1. The third-order valence-electron chi connectivity index (χ3n) is 4.68. The number of rotatable bonds is 3. The molecule has 0 radical (unpaired) electrons. The molecule has 0 spiro atoms. The Morgan fingerprint density at radius 3 is 3.00 bits per heavy atom. The molecule has 2 atom stereocenters. The molecule has 0 aliphatic carbocycles. The molecule has 4 rings (SSSR count). The lowest BCUT2D eigenvalue weighted by Gasteiger charge is -2.24. The fourth-order valence-electron chi connectivity index (χ4n) is 3.62. The lowest BCUT2D eigenvalue weighted by atomic mass is 9.94. The molecule has 110 valence electrons. The first-order chi connectivity index (χ1) is 10.4. The number of piperidine rings is 1. The van der Waals surface area contributed by atoms with E-state index in [0.29, 0.717) is 6.04 Å². The van der Waals surface area contributed by atoms with Crippen molar-refractivity contribution < 1.29 is 4.52 Å². The van der Waals surface area contributed by atoms with Gasteiger partial charge in [-0.3, -0.25) is 4.90 Å². The minimum Gasteiger partial charge on any atom is -0.359 e. The average Bonchev–Trinajstić information content (AvgIpc) is 3.14. The van der Waals surface area contributed by atoms with Gasteiger partial charge >= 0.3 is 0 Å². The summed E-state index contributed by atoms with van der Waals surface area (Å²) in [5.74, 6) is 1.78. The zero-order chi connectivity index (χ0) is 14.1. The quantitative estimate of drug-likeness (QED) is 0.940. The molecule has 1 aromatic carbocycles. The van der Waals surface area contributed by atoms with Gasteiger partial charge in [0.1, 0.15) is 5.69 Å². The standard InChI is InChI=1S/C17H21N3O/c1-2-5-13(6-3-1)16-9-15(21-19-16)11-20-10-14-7-4-8-18-17(14)12-20/h1-3,5-6,9,14,17-18H,4,7-8,10-12H2. The molecule has 2 unspecified atom stereocenters. The summed E-state index contributed by atoms with van der Waals surface area (Å²) in [6.45, 7) is 4.36. The van der Waals surface area contributed by atoms with Gasteiger partial charge in [-0.1, -0.05) is 35.5 Å². The fraction of sp³-hybridized carbons (Fsp3) is 0.471. The van der Waals surface area contributed by atoms with Crippen LogP contribution in [0.4, 0.5) is 0 Å². The first-order valence-corrected chi connectivity index (χ1v) is 7.85. The van der Waals surface area contributed by atoms with Crippen LogP contribution in [-0.4, -0.2) is 35.7 Å². The maximum atomic E-state index is 5.52. The Bertz CT molecular complexity index is 581. The van der Waals surface area contributed by atoms with Gasteiger partial charge in [0.15, 0.2) is 5.76 Å². The molecule has 2 aliphatic rings. The van der Waals surface area contributed by atoms with Crippen molar-refractivity contribution >= 4 is 0 Å². The Balaban J connectivity index is 1.43. The zero-order valence-corrected chi connectivity index (χ0v) is 12.2. The van der Waals surface area contributed by atoms with E-state index in [0.717, 1.165) is 36.0 Å². The van der Waals surface area contributed by atoms with Crippen LogP contribution < -0.4 is 5.32 Å². The largest absolute Gasteiger partial charge is 0.359 e. The smallest absolute Gasteiger partial charge is 0.151 e. The minimum atomic E-state index is 0.676. The zero-order valence-electron chi connectivity index (χ0n) is 12.2. The van der Waals surface area contributed by atoms with Gasteiger partial charge in [-0.2, -0.15) is 0 Å². The lowest BCUT2D eigenvalue weighted by molar-refractivity contribution is 0.265. The maximum absolute atomic E-state index is 5.52. The highest BCUT2D eigenvalue weighted by molar-refractivity contribution is 5.58. The van der Waals surface area contributed by atoms with Crippen LogP contribution in [0, 0.1) is 5.92 Å². The van der Waals surface area contributed by atoms with Gasteiger partial charge in [0, 0.05) is 30.8 Å². The number of hydrogen-bond acceptors (Lipinski definition) is 4. The topological polar surface area (TPSA) is 41.3 Å². The van der Waals surface area contributed by atoms with E-state index in [9.17, 15) is 0 Å². The van der Waals surface area contributed by atoms with Crippen molar-refractivity contribution in [2.75, 3.05) is 19.6 Å². The van der Waals surface area contributed by atoms with Gasteiger partial charge in [0.05, 0.1) is 6.54 Å². The van der Waals surface area contributed by atoms with E-state index >= 15 is 0 Å². The summed E-state index contributed by atoms with van der Waals surface area (Å²) >= 11 is 0. The number of fused-ring (bicyclic) bond motifs is 1. The molecule has 0 bridgehead atoms. The fourth-order valence-corrected chi connectivity index (χ4v) is 3.62. The highest BCUT2D eigenvalue weighted by atomic mass is 16.5. The van der Waals surface area contributed by atoms with Crippen LogP contribution in [0.1, 0.15) is 18.6 Å². The van der Waals surface area contributed by atoms with Gasteiger partial charge < -0.3 is 9.84 Å². The van der Waals surface area contributed by atoms with E-state index in [1.54, 1.807) is 0 Å². The van der Waals surface area contributed by atoms with Crippen molar-refractivity contribution in [2.24, 2.45) is 5.92 Å². The van der Waals surface area contributed by atoms with E-state index in [1.165, 1.54) is 25.9 Å². The predicted octanol–water partition coefficient (Wildman–Crippen LogP) is 2.53. The highest BCUT2D eigenvalue weighted by Gasteiger charge is 2.34. The molecule has 2 fully saturated rings. The van der Waals surface area contributed by atoms with Crippen LogP contribution in [0.25, 0.3) is 11.3 Å². The minimum absolute atomic E-state index is 0.676. The SMILES string of the molecule is c1ccc(-c2cc(CN3CC4CCCNC4C3)on2)cc1. The maximum Gasteiger partial charge on any atom is 0.151 e. The van der Waals surface area contributed by atoms with Crippen LogP contribution >= 0.6 is 0 Å². The Hall–Kier alpha value is -1.65. The molecule has 0 saturated carbocycles. The van der Waals surface area contributed by atoms with Crippen molar-refractivity contribution in [3.8, 4) is 11.3 Å². The predicted molar refractivity (Wildman–Crippen MR) is 81.7 cm³/mol. The van der Waals surface area contributed by atoms with Crippen LogP contribution in [-0.2, 0) is 6.54 Å². The molecule has 2 aliphatic heterocycles. The molecule has 1 aromatic heterocycles. The van der Waals surface area contributed by atoms with Gasteiger partial charge in [0.2, 0.25) is 0 Å². The van der Waals surface area contributed by atoms with Gasteiger partial charge in [-0.15, -0.1) is 0 Å². The number of likely N-dealkylation sites (tertiary alicyclic amines) is 1. The number of nitrogens with one attached hydrogen (secondary N) is 1. The first kappa shape index (κ1) is 13.0. The summed E-state index contributed by atoms with van der Waals surface area (Å²) < 4.78 is 5.52. The molecule has 1 N–H and O–H groups in total. The van der Waals surface area contributed by atoms with E-state index in [-0.39, 0.29) is 0 Å². The molecule has 0 amide bonds. The highest BCUT2D eigenvalue weighted by Crippen LogP contribution is 2.27. The molecule has 4 heteroatoms. The summed E-state index contributed by atoms with van der Waals surface area (Å²) in [7, 11) is 0. The van der Waals surface area contributed by atoms with Crippen molar-refractivity contribution in [3.63, 3.8) is 0 Å². The van der Waals surface area contributed by atoms with Crippen LogP contribution in [0.3, 0.4) is 0 Å². The molecule has 2 saturated heterocycles. The summed E-state index contributed by atoms with van der Waals surface area (Å²) in [6.07, 6.45) is 2.68. The second-order valence-electron chi connectivity index (χ2n) is 6.20. The van der Waals surface area contributed by atoms with Gasteiger partial charge in [-0.05, 0) is 25.3 Å². The number of hydrogen-bond donors (Lipinski definition) is 1. The molecular weight excluding hydrogens is 262 g/mol. The van der Waals surface area contributed by atoms with Crippen LogP contribution in [0.2, 0.25) is 0 Å².